The summed E-state index contributed by atoms with van der Waals surface area (Å²) >= 11 is 5.34. The first-order chi connectivity index (χ1) is 7.40. The van der Waals surface area contributed by atoms with Crippen LogP contribution in [0.25, 0.3) is 0 Å². The van der Waals surface area contributed by atoms with Crippen LogP contribution >= 0.6 is 12.2 Å². The number of hydrogen-bond donors (Lipinski definition) is 2. The summed E-state index contributed by atoms with van der Waals surface area (Å²) in [5.41, 5.74) is 0.833. The maximum absolute atomic E-state index is 5.34. The first-order valence-corrected chi connectivity index (χ1v) is 6.85. The summed E-state index contributed by atoms with van der Waals surface area (Å²) in [4.78, 5) is 0. The molecule has 2 bridgehead atoms. The molecular formula is C13H24N2S. The Morgan fingerprint density at radius 2 is 2.06 bits per heavy atom. The molecule has 3 atom stereocenters. The molecule has 0 saturated heterocycles. The largest absolute Gasteiger partial charge is 0.363 e. The second-order valence-corrected chi connectivity index (χ2v) is 6.76. The molecule has 92 valence electrons. The van der Waals surface area contributed by atoms with Crippen molar-refractivity contribution < 1.29 is 0 Å². The van der Waals surface area contributed by atoms with Gasteiger partial charge in [-0.1, -0.05) is 20.8 Å². The minimum absolute atomic E-state index is 0.381. The van der Waals surface area contributed by atoms with Gasteiger partial charge in [-0.15, -0.1) is 0 Å². The van der Waals surface area contributed by atoms with Crippen molar-refractivity contribution in [2.75, 3.05) is 6.54 Å². The minimum Gasteiger partial charge on any atom is -0.363 e. The van der Waals surface area contributed by atoms with Crippen molar-refractivity contribution in [1.82, 2.24) is 10.6 Å². The molecule has 3 heteroatoms. The number of nitrogens with one attached hydrogen (secondary N) is 2. The molecule has 0 aliphatic heterocycles. The van der Waals surface area contributed by atoms with Crippen LogP contribution in [0, 0.1) is 16.7 Å². The predicted octanol–water partition coefficient (Wildman–Crippen LogP) is 2.69. The van der Waals surface area contributed by atoms with E-state index in [-0.39, 0.29) is 0 Å². The molecule has 0 aromatic rings. The summed E-state index contributed by atoms with van der Waals surface area (Å²) in [6, 6.07) is 0.533. The number of rotatable bonds is 2. The second kappa shape index (κ2) is 3.86. The molecule has 0 heterocycles. The van der Waals surface area contributed by atoms with Gasteiger partial charge in [-0.2, -0.15) is 0 Å². The van der Waals surface area contributed by atoms with Crippen LogP contribution < -0.4 is 10.6 Å². The van der Waals surface area contributed by atoms with E-state index in [0.29, 0.717) is 16.9 Å². The average Bonchev–Trinajstić information content (AvgIpc) is 2.64. The molecule has 0 aromatic heterocycles. The van der Waals surface area contributed by atoms with Gasteiger partial charge in [0.1, 0.15) is 0 Å². The van der Waals surface area contributed by atoms with Gasteiger partial charge >= 0.3 is 0 Å². The fourth-order valence-corrected chi connectivity index (χ4v) is 4.27. The molecule has 0 aromatic carbocycles. The van der Waals surface area contributed by atoms with E-state index in [1.807, 2.05) is 0 Å². The zero-order chi connectivity index (χ0) is 12.0. The van der Waals surface area contributed by atoms with Gasteiger partial charge in [-0.05, 0) is 55.2 Å². The van der Waals surface area contributed by atoms with Gasteiger partial charge in [-0.25, -0.2) is 0 Å². The van der Waals surface area contributed by atoms with E-state index in [0.717, 1.165) is 17.6 Å². The van der Waals surface area contributed by atoms with E-state index in [2.05, 4.69) is 38.3 Å². The van der Waals surface area contributed by atoms with Gasteiger partial charge in [0.15, 0.2) is 5.11 Å². The number of fused-ring (bicyclic) bond motifs is 2. The van der Waals surface area contributed by atoms with Crippen molar-refractivity contribution in [2.24, 2.45) is 16.7 Å². The van der Waals surface area contributed by atoms with Crippen molar-refractivity contribution in [3.8, 4) is 0 Å². The SMILES string of the molecule is CCNC(=S)NC1C2(C)CCC(C2)C1(C)C. The van der Waals surface area contributed by atoms with Crippen molar-refractivity contribution in [3.05, 3.63) is 0 Å². The number of thiocarbonyl (C=S) groups is 1. The van der Waals surface area contributed by atoms with Gasteiger partial charge in [0.05, 0.1) is 0 Å². The molecule has 2 nitrogen and oxygen atoms in total. The summed E-state index contributed by atoms with van der Waals surface area (Å²) < 4.78 is 0. The van der Waals surface area contributed by atoms with Gasteiger partial charge in [0, 0.05) is 12.6 Å². The highest BCUT2D eigenvalue weighted by molar-refractivity contribution is 7.80. The molecule has 2 aliphatic carbocycles. The molecular weight excluding hydrogens is 216 g/mol. The molecule has 0 radical (unpaired) electrons. The lowest BCUT2D eigenvalue weighted by Gasteiger charge is -2.43. The zero-order valence-electron chi connectivity index (χ0n) is 10.9. The highest BCUT2D eigenvalue weighted by Gasteiger charge is 2.59. The van der Waals surface area contributed by atoms with E-state index < -0.39 is 0 Å². The van der Waals surface area contributed by atoms with E-state index in [1.54, 1.807) is 0 Å². The molecule has 2 N–H and O–H groups in total. The first kappa shape index (κ1) is 12.2. The molecule has 2 aliphatic rings. The Kier molecular flexibility index (Phi) is 2.94. The standard InChI is InChI=1S/C13H24N2S/c1-5-14-11(16)15-10-12(2,3)9-6-7-13(10,4)8-9/h9-10H,5-8H2,1-4H3,(H2,14,15,16). The lowest BCUT2D eigenvalue weighted by atomic mass is 9.68. The summed E-state index contributed by atoms with van der Waals surface area (Å²) in [5, 5.41) is 7.60. The Morgan fingerprint density at radius 3 is 2.56 bits per heavy atom. The van der Waals surface area contributed by atoms with E-state index in [1.165, 1.54) is 19.3 Å². The van der Waals surface area contributed by atoms with Crippen LogP contribution in [0.2, 0.25) is 0 Å². The Labute approximate surface area is 105 Å². The summed E-state index contributed by atoms with van der Waals surface area (Å²) in [6.45, 7) is 10.2. The summed E-state index contributed by atoms with van der Waals surface area (Å²) in [6.07, 6.45) is 4.12. The van der Waals surface area contributed by atoms with Crippen molar-refractivity contribution in [2.45, 2.75) is 53.0 Å². The molecule has 2 rings (SSSR count). The van der Waals surface area contributed by atoms with Gasteiger partial charge in [0.2, 0.25) is 0 Å². The Balaban J connectivity index is 2.11. The Morgan fingerprint density at radius 1 is 1.38 bits per heavy atom. The van der Waals surface area contributed by atoms with Crippen molar-refractivity contribution >= 4 is 17.3 Å². The fourth-order valence-electron chi connectivity index (χ4n) is 4.00. The van der Waals surface area contributed by atoms with Crippen LogP contribution in [0.3, 0.4) is 0 Å². The fraction of sp³-hybridized carbons (Fsp3) is 0.923. The maximum Gasteiger partial charge on any atom is 0.166 e. The lowest BCUT2D eigenvalue weighted by molar-refractivity contribution is 0.125. The van der Waals surface area contributed by atoms with Gasteiger partial charge in [0.25, 0.3) is 0 Å². The zero-order valence-corrected chi connectivity index (χ0v) is 11.7. The van der Waals surface area contributed by atoms with E-state index in [4.69, 9.17) is 12.2 Å². The smallest absolute Gasteiger partial charge is 0.166 e. The maximum atomic E-state index is 5.34. The quantitative estimate of drug-likeness (QED) is 0.726. The monoisotopic (exact) mass is 240 g/mol. The van der Waals surface area contributed by atoms with Gasteiger partial charge in [-0.3, -0.25) is 0 Å². The molecule has 0 amide bonds. The normalized spacial score (nSPS) is 39.8. The third-order valence-electron chi connectivity index (χ3n) is 4.88. The third kappa shape index (κ3) is 1.73. The van der Waals surface area contributed by atoms with E-state index >= 15 is 0 Å². The van der Waals surface area contributed by atoms with Crippen LogP contribution in [0.5, 0.6) is 0 Å². The number of hydrogen-bond acceptors (Lipinski definition) is 1. The van der Waals surface area contributed by atoms with Crippen LogP contribution in [0.15, 0.2) is 0 Å². The van der Waals surface area contributed by atoms with Crippen LogP contribution in [0.4, 0.5) is 0 Å². The van der Waals surface area contributed by atoms with Gasteiger partial charge < -0.3 is 10.6 Å². The Bertz CT molecular complexity index is 296. The predicted molar refractivity (Wildman–Crippen MR) is 72.4 cm³/mol. The molecule has 2 fully saturated rings. The first-order valence-electron chi connectivity index (χ1n) is 6.44. The highest BCUT2D eigenvalue weighted by atomic mass is 32.1. The second-order valence-electron chi connectivity index (χ2n) is 6.35. The van der Waals surface area contributed by atoms with Crippen LogP contribution in [-0.2, 0) is 0 Å². The van der Waals surface area contributed by atoms with Crippen LogP contribution in [0.1, 0.15) is 47.0 Å². The highest BCUT2D eigenvalue weighted by Crippen LogP contribution is 2.62. The van der Waals surface area contributed by atoms with Crippen LogP contribution in [-0.4, -0.2) is 17.7 Å². The van der Waals surface area contributed by atoms with Crippen molar-refractivity contribution in [1.29, 1.82) is 0 Å². The molecule has 16 heavy (non-hydrogen) atoms. The average molecular weight is 240 g/mol. The Hall–Kier alpha value is -0.310. The summed E-state index contributed by atoms with van der Waals surface area (Å²) in [5.74, 6) is 0.874. The lowest BCUT2D eigenvalue weighted by Crippen LogP contribution is -2.54. The van der Waals surface area contributed by atoms with Crippen molar-refractivity contribution in [3.63, 3.8) is 0 Å². The minimum atomic E-state index is 0.381. The molecule has 3 unspecified atom stereocenters. The van der Waals surface area contributed by atoms with E-state index in [9.17, 15) is 0 Å². The molecule has 2 saturated carbocycles. The summed E-state index contributed by atoms with van der Waals surface area (Å²) in [7, 11) is 0. The third-order valence-corrected chi connectivity index (χ3v) is 5.14. The molecule has 0 spiro atoms. The topological polar surface area (TPSA) is 24.1 Å².